The zero-order valence-electron chi connectivity index (χ0n) is 14.9. The lowest BCUT2D eigenvalue weighted by molar-refractivity contribution is 0.0955. The fraction of sp³-hybridized carbons (Fsp3) is 0.0909. The second-order valence-corrected chi connectivity index (χ2v) is 6.13. The average molecular weight is 343 g/mol. The van der Waals surface area contributed by atoms with Crippen molar-refractivity contribution in [3.8, 4) is 11.1 Å². The summed E-state index contributed by atoms with van der Waals surface area (Å²) in [6, 6.07) is 25.5. The number of carbonyl (C=O) groups excluding carboxylic acids is 1. The molecule has 0 aliphatic heterocycles. The number of hydrogen-bond acceptors (Lipinski definition) is 3. The summed E-state index contributed by atoms with van der Waals surface area (Å²) in [4.78, 5) is 14.2. The van der Waals surface area contributed by atoms with Gasteiger partial charge in [-0.3, -0.25) is 4.79 Å². The smallest absolute Gasteiger partial charge is 0.271 e. The van der Waals surface area contributed by atoms with Gasteiger partial charge in [0.25, 0.3) is 5.91 Å². The van der Waals surface area contributed by atoms with Crippen LogP contribution in [-0.2, 0) is 0 Å². The molecule has 0 spiro atoms. The minimum atomic E-state index is -0.231. The molecule has 0 aliphatic carbocycles. The van der Waals surface area contributed by atoms with Crippen molar-refractivity contribution < 1.29 is 4.79 Å². The molecule has 0 saturated heterocycles. The topological polar surface area (TPSA) is 44.7 Å². The highest BCUT2D eigenvalue weighted by atomic mass is 16.2. The van der Waals surface area contributed by atoms with Gasteiger partial charge in [-0.2, -0.15) is 5.10 Å². The van der Waals surface area contributed by atoms with Crippen molar-refractivity contribution in [3.05, 3.63) is 90.0 Å². The van der Waals surface area contributed by atoms with Crippen LogP contribution in [0.5, 0.6) is 0 Å². The monoisotopic (exact) mass is 343 g/mol. The van der Waals surface area contributed by atoms with Crippen LogP contribution in [0.25, 0.3) is 11.1 Å². The predicted octanol–water partition coefficient (Wildman–Crippen LogP) is 4.18. The predicted molar refractivity (Wildman–Crippen MR) is 108 cm³/mol. The molecule has 0 unspecified atom stereocenters. The van der Waals surface area contributed by atoms with Crippen LogP contribution in [-0.4, -0.2) is 26.2 Å². The second-order valence-electron chi connectivity index (χ2n) is 6.13. The lowest BCUT2D eigenvalue weighted by Gasteiger charge is -2.11. The molecule has 0 radical (unpaired) electrons. The molecule has 26 heavy (non-hydrogen) atoms. The second kappa shape index (κ2) is 8.12. The maximum atomic E-state index is 12.2. The average Bonchev–Trinajstić information content (AvgIpc) is 2.69. The molecular weight excluding hydrogens is 322 g/mol. The number of rotatable bonds is 5. The van der Waals surface area contributed by atoms with Gasteiger partial charge in [0, 0.05) is 25.3 Å². The molecule has 0 fully saturated rings. The van der Waals surface area contributed by atoms with Crippen LogP contribution in [0.4, 0.5) is 5.69 Å². The van der Waals surface area contributed by atoms with Crippen molar-refractivity contribution >= 4 is 17.8 Å². The summed E-state index contributed by atoms with van der Waals surface area (Å²) in [5, 5.41) is 4.03. The lowest BCUT2D eigenvalue weighted by atomic mass is 10.0. The van der Waals surface area contributed by atoms with Crippen LogP contribution in [0.15, 0.2) is 84.0 Å². The molecule has 1 N–H and O–H groups in total. The van der Waals surface area contributed by atoms with Gasteiger partial charge in [-0.15, -0.1) is 0 Å². The number of amides is 1. The summed E-state index contributed by atoms with van der Waals surface area (Å²) in [6.45, 7) is 0. The summed E-state index contributed by atoms with van der Waals surface area (Å²) in [5.74, 6) is -0.231. The molecule has 3 rings (SSSR count). The minimum absolute atomic E-state index is 0.231. The van der Waals surface area contributed by atoms with Gasteiger partial charge in [-0.1, -0.05) is 54.6 Å². The summed E-state index contributed by atoms with van der Waals surface area (Å²) in [5.41, 5.74) is 7.38. The van der Waals surface area contributed by atoms with Gasteiger partial charge in [0.05, 0.1) is 6.21 Å². The van der Waals surface area contributed by atoms with Crippen LogP contribution in [0.1, 0.15) is 15.9 Å². The van der Waals surface area contributed by atoms with Gasteiger partial charge >= 0.3 is 0 Å². The first-order chi connectivity index (χ1) is 12.6. The standard InChI is InChI=1S/C22H21N3O/c1-25(2)21-14-8-17(9-15-21)16-23-24-22(26)20-12-10-19(11-13-20)18-6-4-3-5-7-18/h3-16H,1-2H3,(H,24,26)/b23-16-. The Morgan fingerprint density at radius 2 is 1.46 bits per heavy atom. The van der Waals surface area contributed by atoms with E-state index in [0.717, 1.165) is 22.4 Å². The lowest BCUT2D eigenvalue weighted by Crippen LogP contribution is -2.17. The van der Waals surface area contributed by atoms with E-state index in [4.69, 9.17) is 0 Å². The van der Waals surface area contributed by atoms with Crippen LogP contribution in [0, 0.1) is 0 Å². The molecular formula is C22H21N3O. The fourth-order valence-electron chi connectivity index (χ4n) is 2.53. The van der Waals surface area contributed by atoms with Crippen molar-refractivity contribution in [3.63, 3.8) is 0 Å². The van der Waals surface area contributed by atoms with E-state index in [1.54, 1.807) is 18.3 Å². The molecule has 0 atom stereocenters. The zero-order chi connectivity index (χ0) is 18.4. The molecule has 130 valence electrons. The van der Waals surface area contributed by atoms with Gasteiger partial charge in [-0.05, 0) is 41.0 Å². The molecule has 4 heteroatoms. The Balaban J connectivity index is 1.61. The first-order valence-corrected chi connectivity index (χ1v) is 8.40. The van der Waals surface area contributed by atoms with Gasteiger partial charge in [0.2, 0.25) is 0 Å². The Labute approximate surface area is 153 Å². The third kappa shape index (κ3) is 4.36. The summed E-state index contributed by atoms with van der Waals surface area (Å²) >= 11 is 0. The Bertz CT molecular complexity index is 883. The van der Waals surface area contributed by atoms with Gasteiger partial charge < -0.3 is 4.90 Å². The first kappa shape index (κ1) is 17.4. The van der Waals surface area contributed by atoms with E-state index in [2.05, 4.69) is 10.5 Å². The van der Waals surface area contributed by atoms with Crippen molar-refractivity contribution in [1.82, 2.24) is 5.43 Å². The molecule has 3 aromatic rings. The Morgan fingerprint density at radius 3 is 2.08 bits per heavy atom. The Kier molecular flexibility index (Phi) is 5.44. The van der Waals surface area contributed by atoms with Crippen molar-refractivity contribution in [2.45, 2.75) is 0 Å². The van der Waals surface area contributed by atoms with Gasteiger partial charge in [0.1, 0.15) is 0 Å². The number of carbonyl (C=O) groups is 1. The van der Waals surface area contributed by atoms with Crippen LogP contribution in [0.3, 0.4) is 0 Å². The number of nitrogens with zero attached hydrogens (tertiary/aromatic N) is 2. The third-order valence-electron chi connectivity index (χ3n) is 4.04. The Morgan fingerprint density at radius 1 is 0.846 bits per heavy atom. The van der Waals surface area contributed by atoms with Crippen LogP contribution >= 0.6 is 0 Å². The highest BCUT2D eigenvalue weighted by Gasteiger charge is 2.04. The minimum Gasteiger partial charge on any atom is -0.378 e. The number of anilines is 1. The normalized spacial score (nSPS) is 10.7. The van der Waals surface area contributed by atoms with E-state index in [-0.39, 0.29) is 5.91 Å². The molecule has 0 aliphatic rings. The molecule has 0 saturated carbocycles. The molecule has 0 bridgehead atoms. The maximum absolute atomic E-state index is 12.2. The highest BCUT2D eigenvalue weighted by Crippen LogP contribution is 2.19. The third-order valence-corrected chi connectivity index (χ3v) is 4.04. The molecule has 1 amide bonds. The van der Waals surface area contributed by atoms with E-state index in [1.165, 1.54) is 0 Å². The van der Waals surface area contributed by atoms with E-state index < -0.39 is 0 Å². The summed E-state index contributed by atoms with van der Waals surface area (Å²) in [7, 11) is 3.98. The maximum Gasteiger partial charge on any atom is 0.271 e. The summed E-state index contributed by atoms with van der Waals surface area (Å²) in [6.07, 6.45) is 1.63. The molecule has 4 nitrogen and oxygen atoms in total. The highest BCUT2D eigenvalue weighted by molar-refractivity contribution is 5.95. The van der Waals surface area contributed by atoms with E-state index >= 15 is 0 Å². The van der Waals surface area contributed by atoms with Gasteiger partial charge in [0.15, 0.2) is 0 Å². The number of nitrogens with one attached hydrogen (secondary N) is 1. The first-order valence-electron chi connectivity index (χ1n) is 8.40. The van der Waals surface area contributed by atoms with E-state index in [0.29, 0.717) is 5.56 Å². The quantitative estimate of drug-likeness (QED) is 0.558. The number of hydrazone groups is 1. The van der Waals surface area contributed by atoms with E-state index in [1.807, 2.05) is 85.7 Å². The van der Waals surface area contributed by atoms with Crippen molar-refractivity contribution in [2.24, 2.45) is 5.10 Å². The molecule has 3 aromatic carbocycles. The molecule has 0 heterocycles. The zero-order valence-corrected chi connectivity index (χ0v) is 14.9. The van der Waals surface area contributed by atoms with Crippen molar-refractivity contribution in [2.75, 3.05) is 19.0 Å². The van der Waals surface area contributed by atoms with Crippen LogP contribution < -0.4 is 10.3 Å². The Hall–Kier alpha value is -3.40. The molecule has 0 aromatic heterocycles. The largest absolute Gasteiger partial charge is 0.378 e. The summed E-state index contributed by atoms with van der Waals surface area (Å²) < 4.78 is 0. The number of benzene rings is 3. The SMILES string of the molecule is CN(C)c1ccc(/C=N\NC(=O)c2ccc(-c3ccccc3)cc2)cc1. The van der Waals surface area contributed by atoms with Gasteiger partial charge in [-0.25, -0.2) is 5.43 Å². The number of hydrogen-bond donors (Lipinski definition) is 1. The fourth-order valence-corrected chi connectivity index (χ4v) is 2.53. The van der Waals surface area contributed by atoms with Crippen LogP contribution in [0.2, 0.25) is 0 Å². The van der Waals surface area contributed by atoms with Crippen molar-refractivity contribution in [1.29, 1.82) is 0 Å². The van der Waals surface area contributed by atoms with E-state index in [9.17, 15) is 4.79 Å².